The predicted molar refractivity (Wildman–Crippen MR) is 121 cm³/mol. The van der Waals surface area contributed by atoms with Gasteiger partial charge in [-0.25, -0.2) is 9.78 Å². The van der Waals surface area contributed by atoms with E-state index < -0.39 is 6.03 Å². The first-order valence-electron chi connectivity index (χ1n) is 10.5. The van der Waals surface area contributed by atoms with Crippen LogP contribution < -0.4 is 10.6 Å². The first-order valence-corrected chi connectivity index (χ1v) is 11.3. The van der Waals surface area contributed by atoms with Crippen LogP contribution in [0.4, 0.5) is 15.6 Å². The minimum absolute atomic E-state index is 0.0597. The molecule has 0 radical (unpaired) electrons. The highest BCUT2D eigenvalue weighted by atomic mass is 32.1. The molecule has 30 heavy (non-hydrogen) atoms. The molecule has 0 unspecified atom stereocenters. The summed E-state index contributed by atoms with van der Waals surface area (Å²) in [5.41, 5.74) is 2.09. The zero-order valence-electron chi connectivity index (χ0n) is 17.7. The summed E-state index contributed by atoms with van der Waals surface area (Å²) in [5, 5.41) is 6.14. The van der Waals surface area contributed by atoms with Gasteiger partial charge in [0, 0.05) is 42.7 Å². The van der Waals surface area contributed by atoms with Crippen LogP contribution in [-0.2, 0) is 11.3 Å². The molecule has 1 fully saturated rings. The van der Waals surface area contributed by atoms with Crippen molar-refractivity contribution >= 4 is 34.0 Å². The molecule has 1 aromatic heterocycles. The van der Waals surface area contributed by atoms with E-state index in [4.69, 9.17) is 4.74 Å². The molecule has 0 saturated carbocycles. The summed E-state index contributed by atoms with van der Waals surface area (Å²) in [5.74, 6) is 0.0597. The molecule has 7 nitrogen and oxygen atoms in total. The number of thiazole rings is 1. The van der Waals surface area contributed by atoms with Crippen molar-refractivity contribution in [2.75, 3.05) is 36.9 Å². The Kier molecular flexibility index (Phi) is 8.36. The third-order valence-electron chi connectivity index (χ3n) is 4.99. The lowest BCUT2D eigenvalue weighted by atomic mass is 10.0. The highest BCUT2D eigenvalue weighted by Crippen LogP contribution is 2.23. The largest absolute Gasteiger partial charge is 0.379 e. The van der Waals surface area contributed by atoms with Gasteiger partial charge in [-0.05, 0) is 25.5 Å². The smallest absolute Gasteiger partial charge is 0.325 e. The number of nitrogens with zero attached hydrogens (tertiary/aromatic N) is 2. The van der Waals surface area contributed by atoms with Crippen LogP contribution in [0.2, 0.25) is 0 Å². The normalized spacial score (nSPS) is 14.5. The molecule has 1 aromatic carbocycles. The zero-order valence-corrected chi connectivity index (χ0v) is 18.5. The Morgan fingerprint density at radius 3 is 2.77 bits per heavy atom. The Morgan fingerprint density at radius 2 is 2.00 bits per heavy atom. The van der Waals surface area contributed by atoms with Crippen LogP contribution in [0, 0.1) is 6.92 Å². The number of hydrogen-bond donors (Lipinski definition) is 2. The van der Waals surface area contributed by atoms with Crippen LogP contribution in [0.1, 0.15) is 53.4 Å². The second-order valence-electron chi connectivity index (χ2n) is 7.53. The fraction of sp³-hybridized carbons (Fsp3) is 0.500. The van der Waals surface area contributed by atoms with Crippen molar-refractivity contribution in [3.05, 3.63) is 40.4 Å². The minimum atomic E-state index is -0.395. The average molecular weight is 431 g/mol. The lowest BCUT2D eigenvalue weighted by Crippen LogP contribution is -2.35. The second-order valence-corrected chi connectivity index (χ2v) is 8.64. The molecule has 162 valence electrons. The van der Waals surface area contributed by atoms with Crippen LogP contribution in [0.25, 0.3) is 0 Å². The number of carbonyl (C=O) groups is 2. The van der Waals surface area contributed by atoms with Crippen molar-refractivity contribution in [1.29, 1.82) is 0 Å². The minimum Gasteiger partial charge on any atom is -0.379 e. The average Bonchev–Trinajstić information content (AvgIpc) is 3.16. The molecule has 1 aliphatic heterocycles. The zero-order chi connectivity index (χ0) is 21.3. The number of morpholine rings is 1. The van der Waals surface area contributed by atoms with Crippen LogP contribution in [0.5, 0.6) is 0 Å². The Balaban J connectivity index is 1.58. The summed E-state index contributed by atoms with van der Waals surface area (Å²) in [7, 11) is 0. The maximum atomic E-state index is 12.6. The van der Waals surface area contributed by atoms with Crippen LogP contribution in [0.3, 0.4) is 0 Å². The topological polar surface area (TPSA) is 83.6 Å². The number of aromatic nitrogens is 1. The van der Waals surface area contributed by atoms with E-state index in [-0.39, 0.29) is 5.78 Å². The molecule has 2 amide bonds. The monoisotopic (exact) mass is 430 g/mol. The number of ketones is 1. The van der Waals surface area contributed by atoms with E-state index in [9.17, 15) is 9.59 Å². The summed E-state index contributed by atoms with van der Waals surface area (Å²) >= 11 is 1.46. The molecule has 0 bridgehead atoms. The number of anilines is 2. The SMILES string of the molecule is CCCCCC(=O)c1cc(C)ccc1NC(=O)Nc1ncc(CN2CCOCC2)s1. The number of nitrogens with one attached hydrogen (secondary N) is 2. The highest BCUT2D eigenvalue weighted by Gasteiger charge is 2.16. The molecule has 0 aliphatic carbocycles. The van der Waals surface area contributed by atoms with Gasteiger partial charge >= 0.3 is 6.03 Å². The Hall–Kier alpha value is -2.29. The first kappa shape index (κ1) is 22.4. The van der Waals surface area contributed by atoms with Gasteiger partial charge in [0.1, 0.15) is 0 Å². The highest BCUT2D eigenvalue weighted by molar-refractivity contribution is 7.15. The van der Waals surface area contributed by atoms with E-state index in [1.54, 1.807) is 12.3 Å². The molecule has 2 aromatic rings. The third kappa shape index (κ3) is 6.62. The lowest BCUT2D eigenvalue weighted by molar-refractivity contribution is 0.0346. The number of benzene rings is 1. The van der Waals surface area contributed by atoms with Gasteiger partial charge in [0.2, 0.25) is 0 Å². The maximum Gasteiger partial charge on any atom is 0.325 e. The number of carbonyl (C=O) groups excluding carboxylic acids is 2. The molecule has 2 N–H and O–H groups in total. The van der Waals surface area contributed by atoms with Crippen molar-refractivity contribution in [2.45, 2.75) is 46.1 Å². The molecule has 1 aliphatic rings. The first-order chi connectivity index (χ1) is 14.5. The van der Waals surface area contributed by atoms with Crippen molar-refractivity contribution in [3.8, 4) is 0 Å². The fourth-order valence-electron chi connectivity index (χ4n) is 3.34. The second kappa shape index (κ2) is 11.2. The molecule has 2 heterocycles. The summed E-state index contributed by atoms with van der Waals surface area (Å²) in [6.07, 6.45) is 5.24. The number of hydrogen-bond acceptors (Lipinski definition) is 6. The number of amides is 2. The summed E-state index contributed by atoms with van der Waals surface area (Å²) in [4.78, 5) is 32.8. The summed E-state index contributed by atoms with van der Waals surface area (Å²) in [6.45, 7) is 8.17. The predicted octanol–water partition coefficient (Wildman–Crippen LogP) is 4.69. The summed E-state index contributed by atoms with van der Waals surface area (Å²) in [6, 6.07) is 5.12. The standard InChI is InChI=1S/C22H30N4O3S/c1-3-4-5-6-20(27)18-13-16(2)7-8-19(18)24-21(28)25-22-23-14-17(30-22)15-26-9-11-29-12-10-26/h7-8,13-14H,3-6,9-12,15H2,1-2H3,(H2,23,24,25,28). The molecule has 8 heteroatoms. The molecular formula is C22H30N4O3S. The Bertz CT molecular complexity index is 862. The molecule has 3 rings (SSSR count). The van der Waals surface area contributed by atoms with E-state index in [0.29, 0.717) is 22.8 Å². The number of urea groups is 1. The third-order valence-corrected chi connectivity index (χ3v) is 5.89. The fourth-order valence-corrected chi connectivity index (χ4v) is 4.19. The van der Waals surface area contributed by atoms with Gasteiger partial charge in [0.25, 0.3) is 0 Å². The molecule has 0 atom stereocenters. The van der Waals surface area contributed by atoms with Gasteiger partial charge in [-0.2, -0.15) is 0 Å². The van der Waals surface area contributed by atoms with Gasteiger partial charge in [0.15, 0.2) is 10.9 Å². The Morgan fingerprint density at radius 1 is 1.20 bits per heavy atom. The van der Waals surface area contributed by atoms with Gasteiger partial charge in [0.05, 0.1) is 18.9 Å². The molecular weight excluding hydrogens is 400 g/mol. The van der Waals surface area contributed by atoms with E-state index in [0.717, 1.165) is 62.6 Å². The van der Waals surface area contributed by atoms with E-state index in [1.807, 2.05) is 19.1 Å². The van der Waals surface area contributed by atoms with Gasteiger partial charge in [-0.1, -0.05) is 31.4 Å². The number of aryl methyl sites for hydroxylation is 1. The number of rotatable bonds is 9. The van der Waals surface area contributed by atoms with Crippen molar-refractivity contribution < 1.29 is 14.3 Å². The maximum absolute atomic E-state index is 12.6. The van der Waals surface area contributed by atoms with Crippen LogP contribution >= 0.6 is 11.3 Å². The Labute approximate surface area is 181 Å². The number of ether oxygens (including phenoxy) is 1. The van der Waals surface area contributed by atoms with Crippen LogP contribution in [0.15, 0.2) is 24.4 Å². The van der Waals surface area contributed by atoms with Gasteiger partial charge in [-0.3, -0.25) is 15.0 Å². The quantitative estimate of drug-likeness (QED) is 0.445. The van der Waals surface area contributed by atoms with E-state index in [1.165, 1.54) is 11.3 Å². The van der Waals surface area contributed by atoms with Crippen LogP contribution in [-0.4, -0.2) is 48.0 Å². The molecule has 0 spiro atoms. The van der Waals surface area contributed by atoms with Gasteiger partial charge < -0.3 is 10.1 Å². The van der Waals surface area contributed by atoms with Gasteiger partial charge in [-0.15, -0.1) is 11.3 Å². The lowest BCUT2D eigenvalue weighted by Gasteiger charge is -2.25. The van der Waals surface area contributed by atoms with Crippen molar-refractivity contribution in [1.82, 2.24) is 9.88 Å². The van der Waals surface area contributed by atoms with Crippen molar-refractivity contribution in [3.63, 3.8) is 0 Å². The number of unbranched alkanes of at least 4 members (excludes halogenated alkanes) is 2. The van der Waals surface area contributed by atoms with Crippen molar-refractivity contribution in [2.24, 2.45) is 0 Å². The summed E-state index contributed by atoms with van der Waals surface area (Å²) < 4.78 is 5.37. The number of Topliss-reactive ketones (excluding diaryl/α,β-unsaturated/α-hetero) is 1. The van der Waals surface area contributed by atoms with E-state index >= 15 is 0 Å². The van der Waals surface area contributed by atoms with E-state index in [2.05, 4.69) is 27.4 Å². The molecule has 1 saturated heterocycles.